The van der Waals surface area contributed by atoms with E-state index in [1.54, 1.807) is 0 Å². The molecule has 2 nitrogen and oxygen atoms in total. The largest absolute Gasteiger partial charge is 0.342 e. The average molecular weight is 301 g/mol. The van der Waals surface area contributed by atoms with Crippen molar-refractivity contribution < 1.29 is 0 Å². The number of hydrogen-bond donors (Lipinski definition) is 1. The molecule has 1 heterocycles. The van der Waals surface area contributed by atoms with Crippen LogP contribution in [0.15, 0.2) is 53.0 Å². The highest BCUT2D eigenvalue weighted by Crippen LogP contribution is 2.14. The van der Waals surface area contributed by atoms with Gasteiger partial charge in [0.05, 0.1) is 11.0 Å². The Kier molecular flexibility index (Phi) is 3.15. The Bertz CT molecular complexity index is 623. The second kappa shape index (κ2) is 4.94. The minimum atomic E-state index is 0.941. The lowest BCUT2D eigenvalue weighted by atomic mass is 10.1. The summed E-state index contributed by atoms with van der Waals surface area (Å²) in [6.45, 7) is 0. The van der Waals surface area contributed by atoms with Gasteiger partial charge in [-0.3, -0.25) is 0 Å². The molecule has 0 saturated heterocycles. The van der Waals surface area contributed by atoms with E-state index < -0.39 is 0 Å². The van der Waals surface area contributed by atoms with Crippen LogP contribution in [0.5, 0.6) is 0 Å². The summed E-state index contributed by atoms with van der Waals surface area (Å²) in [4.78, 5) is 7.94. The highest BCUT2D eigenvalue weighted by atomic mass is 79.9. The highest BCUT2D eigenvalue weighted by molar-refractivity contribution is 9.10. The molecule has 0 fully saturated rings. The average Bonchev–Trinajstić information content (AvgIpc) is 2.81. The zero-order valence-electron chi connectivity index (χ0n) is 9.86. The molecule has 3 heteroatoms. The molecule has 0 amide bonds. The number of para-hydroxylation sites is 2. The number of benzene rings is 2. The molecular formula is C15H13BrN2. The Balaban J connectivity index is 1.74. The van der Waals surface area contributed by atoms with Gasteiger partial charge in [-0.1, -0.05) is 40.2 Å². The Morgan fingerprint density at radius 2 is 1.72 bits per heavy atom. The summed E-state index contributed by atoms with van der Waals surface area (Å²) >= 11 is 3.45. The van der Waals surface area contributed by atoms with E-state index in [1.807, 2.05) is 18.2 Å². The fraction of sp³-hybridized carbons (Fsp3) is 0.133. The number of imidazole rings is 1. The molecule has 0 unspecified atom stereocenters. The van der Waals surface area contributed by atoms with Gasteiger partial charge in [0.15, 0.2) is 0 Å². The Morgan fingerprint density at radius 1 is 0.944 bits per heavy atom. The van der Waals surface area contributed by atoms with E-state index in [0.717, 1.165) is 34.2 Å². The van der Waals surface area contributed by atoms with Gasteiger partial charge in [-0.15, -0.1) is 0 Å². The Labute approximate surface area is 114 Å². The van der Waals surface area contributed by atoms with E-state index >= 15 is 0 Å². The first-order chi connectivity index (χ1) is 8.81. The Hall–Kier alpha value is -1.61. The molecule has 2 aromatic carbocycles. The molecule has 0 atom stereocenters. The van der Waals surface area contributed by atoms with E-state index in [1.165, 1.54) is 5.56 Å². The smallest absolute Gasteiger partial charge is 0.107 e. The summed E-state index contributed by atoms with van der Waals surface area (Å²) in [6, 6.07) is 16.6. The van der Waals surface area contributed by atoms with Crippen LogP contribution in [-0.4, -0.2) is 9.97 Å². The number of aromatic nitrogens is 2. The number of H-pyrrole nitrogens is 1. The van der Waals surface area contributed by atoms with Gasteiger partial charge in [0.2, 0.25) is 0 Å². The summed E-state index contributed by atoms with van der Waals surface area (Å²) in [6.07, 6.45) is 1.95. The molecule has 1 aromatic heterocycles. The first-order valence-corrected chi connectivity index (χ1v) is 6.79. The summed E-state index contributed by atoms with van der Waals surface area (Å²) < 4.78 is 1.12. The predicted molar refractivity (Wildman–Crippen MR) is 77.6 cm³/mol. The molecule has 0 bridgehead atoms. The van der Waals surface area contributed by atoms with Gasteiger partial charge in [-0.25, -0.2) is 4.98 Å². The molecule has 3 rings (SSSR count). The molecular weight excluding hydrogens is 288 g/mol. The molecule has 0 spiro atoms. The predicted octanol–water partition coefficient (Wildman–Crippen LogP) is 4.11. The fourth-order valence-electron chi connectivity index (χ4n) is 2.04. The second-order valence-electron chi connectivity index (χ2n) is 4.33. The SMILES string of the molecule is Brc1ccc(CCc2nc3ccccc3[nH]2)cc1. The summed E-state index contributed by atoms with van der Waals surface area (Å²) in [5.74, 6) is 1.05. The number of nitrogens with zero attached hydrogens (tertiary/aromatic N) is 1. The monoisotopic (exact) mass is 300 g/mol. The van der Waals surface area contributed by atoms with Crippen molar-refractivity contribution in [1.82, 2.24) is 9.97 Å². The van der Waals surface area contributed by atoms with Gasteiger partial charge in [0, 0.05) is 10.9 Å². The molecule has 0 aliphatic heterocycles. The lowest BCUT2D eigenvalue weighted by molar-refractivity contribution is 0.890. The number of halogens is 1. The maximum absolute atomic E-state index is 4.58. The third-order valence-corrected chi connectivity index (χ3v) is 3.53. The second-order valence-corrected chi connectivity index (χ2v) is 5.24. The number of fused-ring (bicyclic) bond motifs is 1. The lowest BCUT2D eigenvalue weighted by Gasteiger charge is -1.99. The molecule has 0 aliphatic carbocycles. The van der Waals surface area contributed by atoms with Crippen LogP contribution in [0, 0.1) is 0 Å². The van der Waals surface area contributed by atoms with Crippen molar-refractivity contribution in [3.63, 3.8) is 0 Å². The van der Waals surface area contributed by atoms with Crippen LogP contribution in [0.25, 0.3) is 11.0 Å². The molecule has 3 aromatic rings. The number of aryl methyl sites for hydroxylation is 2. The normalized spacial score (nSPS) is 10.9. The minimum absolute atomic E-state index is 0.941. The number of aromatic amines is 1. The van der Waals surface area contributed by atoms with Crippen LogP contribution < -0.4 is 0 Å². The summed E-state index contributed by atoms with van der Waals surface area (Å²) in [5.41, 5.74) is 3.49. The van der Waals surface area contributed by atoms with Crippen molar-refractivity contribution in [3.8, 4) is 0 Å². The lowest BCUT2D eigenvalue weighted by Crippen LogP contribution is -1.93. The van der Waals surface area contributed by atoms with Gasteiger partial charge in [0.1, 0.15) is 5.82 Å². The van der Waals surface area contributed by atoms with Crippen LogP contribution in [-0.2, 0) is 12.8 Å². The van der Waals surface area contributed by atoms with Gasteiger partial charge in [-0.05, 0) is 36.2 Å². The fourth-order valence-corrected chi connectivity index (χ4v) is 2.30. The van der Waals surface area contributed by atoms with Crippen LogP contribution in [0.4, 0.5) is 0 Å². The summed E-state index contributed by atoms with van der Waals surface area (Å²) in [5, 5.41) is 0. The van der Waals surface area contributed by atoms with Gasteiger partial charge in [-0.2, -0.15) is 0 Å². The van der Waals surface area contributed by atoms with Crippen LogP contribution in [0.1, 0.15) is 11.4 Å². The van der Waals surface area contributed by atoms with Gasteiger partial charge >= 0.3 is 0 Å². The first kappa shape index (κ1) is 11.5. The maximum atomic E-state index is 4.58. The molecule has 0 aliphatic rings. The van der Waals surface area contributed by atoms with E-state index in [0.29, 0.717) is 0 Å². The standard InChI is InChI=1S/C15H13BrN2/c16-12-8-5-11(6-9-12)7-10-15-17-13-3-1-2-4-14(13)18-15/h1-6,8-9H,7,10H2,(H,17,18). The van der Waals surface area contributed by atoms with Crippen molar-refractivity contribution >= 4 is 27.0 Å². The number of rotatable bonds is 3. The van der Waals surface area contributed by atoms with Crippen molar-refractivity contribution in [3.05, 3.63) is 64.4 Å². The molecule has 0 saturated carbocycles. The first-order valence-electron chi connectivity index (χ1n) is 5.99. The van der Waals surface area contributed by atoms with E-state index in [-0.39, 0.29) is 0 Å². The minimum Gasteiger partial charge on any atom is -0.342 e. The third-order valence-electron chi connectivity index (χ3n) is 3.00. The highest BCUT2D eigenvalue weighted by Gasteiger charge is 2.02. The van der Waals surface area contributed by atoms with Gasteiger partial charge < -0.3 is 4.98 Å². The van der Waals surface area contributed by atoms with E-state index in [9.17, 15) is 0 Å². The maximum Gasteiger partial charge on any atom is 0.107 e. The summed E-state index contributed by atoms with van der Waals surface area (Å²) in [7, 11) is 0. The van der Waals surface area contributed by atoms with Crippen molar-refractivity contribution in [1.29, 1.82) is 0 Å². The number of hydrogen-bond acceptors (Lipinski definition) is 1. The Morgan fingerprint density at radius 3 is 2.50 bits per heavy atom. The topological polar surface area (TPSA) is 28.7 Å². The zero-order chi connectivity index (χ0) is 12.4. The van der Waals surface area contributed by atoms with Crippen LogP contribution in [0.2, 0.25) is 0 Å². The number of nitrogens with one attached hydrogen (secondary N) is 1. The molecule has 1 N–H and O–H groups in total. The zero-order valence-corrected chi connectivity index (χ0v) is 11.4. The molecule has 18 heavy (non-hydrogen) atoms. The molecule has 0 radical (unpaired) electrons. The van der Waals surface area contributed by atoms with Crippen molar-refractivity contribution in [2.75, 3.05) is 0 Å². The van der Waals surface area contributed by atoms with E-state index in [2.05, 4.69) is 56.2 Å². The van der Waals surface area contributed by atoms with E-state index in [4.69, 9.17) is 0 Å². The molecule has 90 valence electrons. The van der Waals surface area contributed by atoms with Crippen LogP contribution >= 0.6 is 15.9 Å². The van der Waals surface area contributed by atoms with Crippen LogP contribution in [0.3, 0.4) is 0 Å². The van der Waals surface area contributed by atoms with Gasteiger partial charge in [0.25, 0.3) is 0 Å². The van der Waals surface area contributed by atoms with Crippen molar-refractivity contribution in [2.24, 2.45) is 0 Å². The van der Waals surface area contributed by atoms with Crippen molar-refractivity contribution in [2.45, 2.75) is 12.8 Å². The third kappa shape index (κ3) is 2.46. The quantitative estimate of drug-likeness (QED) is 0.775.